The second-order valence-corrected chi connectivity index (χ2v) is 5.26. The van der Waals surface area contributed by atoms with E-state index in [0.29, 0.717) is 5.16 Å². The maximum atomic E-state index is 10.5. The van der Waals surface area contributed by atoms with Crippen LogP contribution in [0.15, 0.2) is 5.16 Å². The van der Waals surface area contributed by atoms with Crippen LogP contribution in [0.5, 0.6) is 0 Å². The molecule has 0 atom stereocenters. The van der Waals surface area contributed by atoms with Crippen molar-refractivity contribution in [3.63, 3.8) is 0 Å². The fourth-order valence-corrected chi connectivity index (χ4v) is 2.70. The topological polar surface area (TPSA) is 66.3 Å². The van der Waals surface area contributed by atoms with Gasteiger partial charge in [-0.1, -0.05) is 18.7 Å². The van der Waals surface area contributed by atoms with Gasteiger partial charge in [-0.25, -0.2) is 9.97 Å². The fraction of sp³-hybridized carbons (Fsp3) is 0.583. The van der Waals surface area contributed by atoms with E-state index in [9.17, 15) is 4.79 Å². The Morgan fingerprint density at radius 3 is 2.94 bits per heavy atom. The zero-order valence-corrected chi connectivity index (χ0v) is 11.5. The smallest absolute Gasteiger partial charge is 0.313 e. The number of thioether (sulfide) groups is 1. The van der Waals surface area contributed by atoms with Gasteiger partial charge in [0.15, 0.2) is 5.16 Å². The predicted molar refractivity (Wildman–Crippen MR) is 69.8 cm³/mol. The first-order valence-electron chi connectivity index (χ1n) is 6.03. The van der Waals surface area contributed by atoms with E-state index in [-0.39, 0.29) is 5.75 Å². The van der Waals surface area contributed by atoms with Crippen molar-refractivity contribution in [2.75, 3.05) is 18.8 Å². The summed E-state index contributed by atoms with van der Waals surface area (Å²) < 4.78 is 0. The van der Waals surface area contributed by atoms with Crippen LogP contribution in [0.3, 0.4) is 0 Å². The molecule has 0 saturated carbocycles. The van der Waals surface area contributed by atoms with Gasteiger partial charge in [0.2, 0.25) is 0 Å². The Hall–Kier alpha value is -1.14. The van der Waals surface area contributed by atoms with Gasteiger partial charge in [-0.15, -0.1) is 0 Å². The van der Waals surface area contributed by atoms with Crippen LogP contribution in [0.25, 0.3) is 0 Å². The lowest BCUT2D eigenvalue weighted by Gasteiger charge is -2.27. The van der Waals surface area contributed by atoms with E-state index in [4.69, 9.17) is 5.11 Å². The van der Waals surface area contributed by atoms with Crippen molar-refractivity contribution in [1.82, 2.24) is 14.9 Å². The maximum absolute atomic E-state index is 10.5. The number of aryl methyl sites for hydroxylation is 1. The summed E-state index contributed by atoms with van der Waals surface area (Å²) in [4.78, 5) is 21.8. The van der Waals surface area contributed by atoms with Crippen molar-refractivity contribution in [1.29, 1.82) is 0 Å². The second kappa shape index (κ2) is 5.67. The zero-order valence-electron chi connectivity index (χ0n) is 10.6. The predicted octanol–water partition coefficient (Wildman–Crippen LogP) is 1.34. The Morgan fingerprint density at radius 2 is 2.28 bits per heavy atom. The third-order valence-corrected chi connectivity index (χ3v) is 3.93. The molecule has 18 heavy (non-hydrogen) atoms. The molecule has 1 N–H and O–H groups in total. The molecule has 0 spiro atoms. The summed E-state index contributed by atoms with van der Waals surface area (Å²) >= 11 is 1.19. The van der Waals surface area contributed by atoms with Crippen molar-refractivity contribution in [3.05, 3.63) is 17.0 Å². The minimum atomic E-state index is -0.837. The van der Waals surface area contributed by atoms with Gasteiger partial charge in [-0.2, -0.15) is 0 Å². The summed E-state index contributed by atoms with van der Waals surface area (Å²) in [6.45, 7) is 7.09. The number of likely N-dealkylation sites (N-methyl/N-ethyl adjacent to an activating group) is 1. The number of rotatable bonds is 4. The number of hydrogen-bond acceptors (Lipinski definition) is 5. The van der Waals surface area contributed by atoms with Crippen LogP contribution in [0.2, 0.25) is 0 Å². The van der Waals surface area contributed by atoms with Crippen molar-refractivity contribution in [2.24, 2.45) is 0 Å². The van der Waals surface area contributed by atoms with Gasteiger partial charge in [0.1, 0.15) is 0 Å². The Balaban J connectivity index is 2.19. The molecule has 6 heteroatoms. The number of nitrogens with zero attached hydrogens (tertiary/aromatic N) is 3. The third-order valence-electron chi connectivity index (χ3n) is 3.10. The minimum Gasteiger partial charge on any atom is -0.481 e. The number of aromatic nitrogens is 2. The molecule has 2 rings (SSSR count). The van der Waals surface area contributed by atoms with Crippen LogP contribution < -0.4 is 0 Å². The second-order valence-electron chi connectivity index (χ2n) is 4.32. The largest absolute Gasteiger partial charge is 0.481 e. The molecule has 5 nitrogen and oxygen atoms in total. The average molecular weight is 267 g/mol. The number of fused-ring (bicyclic) bond motifs is 1. The van der Waals surface area contributed by atoms with Gasteiger partial charge in [0.25, 0.3) is 0 Å². The summed E-state index contributed by atoms with van der Waals surface area (Å²) in [6.07, 6.45) is 0.924. The van der Waals surface area contributed by atoms with E-state index >= 15 is 0 Å². The summed E-state index contributed by atoms with van der Waals surface area (Å²) in [5.74, 6) is -0.824. The Kier molecular flexibility index (Phi) is 4.19. The lowest BCUT2D eigenvalue weighted by molar-refractivity contribution is -0.133. The molecule has 0 unspecified atom stereocenters. The highest BCUT2D eigenvalue weighted by Crippen LogP contribution is 2.23. The van der Waals surface area contributed by atoms with E-state index in [1.165, 1.54) is 17.3 Å². The van der Waals surface area contributed by atoms with Gasteiger partial charge >= 0.3 is 5.97 Å². The SMILES string of the molecule is CCN1CCc2nc(SCC(=O)O)nc(C)c2C1. The lowest BCUT2D eigenvalue weighted by Crippen LogP contribution is -2.31. The Morgan fingerprint density at radius 1 is 1.50 bits per heavy atom. The monoisotopic (exact) mass is 267 g/mol. The van der Waals surface area contributed by atoms with Crippen molar-refractivity contribution < 1.29 is 9.90 Å². The number of aliphatic carboxylic acids is 1. The molecule has 0 bridgehead atoms. The quantitative estimate of drug-likeness (QED) is 0.656. The molecule has 1 aliphatic rings. The molecule has 0 amide bonds. The molecular weight excluding hydrogens is 250 g/mol. The summed E-state index contributed by atoms with van der Waals surface area (Å²) in [7, 11) is 0. The zero-order chi connectivity index (χ0) is 13.1. The molecular formula is C12H17N3O2S. The van der Waals surface area contributed by atoms with Gasteiger partial charge in [0, 0.05) is 30.8 Å². The molecule has 1 aromatic heterocycles. The lowest BCUT2D eigenvalue weighted by atomic mass is 10.0. The van der Waals surface area contributed by atoms with E-state index in [1.807, 2.05) is 6.92 Å². The highest BCUT2D eigenvalue weighted by molar-refractivity contribution is 7.99. The molecule has 0 saturated heterocycles. The standard InChI is InChI=1S/C12H17N3O2S/c1-3-15-5-4-10-9(6-15)8(2)13-12(14-10)18-7-11(16)17/h3-7H2,1-2H3,(H,16,17). The van der Waals surface area contributed by atoms with Crippen molar-refractivity contribution >= 4 is 17.7 Å². The van der Waals surface area contributed by atoms with Crippen LogP contribution >= 0.6 is 11.8 Å². The molecule has 0 aromatic carbocycles. The van der Waals surface area contributed by atoms with Crippen LogP contribution in [0.4, 0.5) is 0 Å². The van der Waals surface area contributed by atoms with E-state index < -0.39 is 5.97 Å². The normalized spacial score (nSPS) is 15.4. The first kappa shape index (κ1) is 13.3. The van der Waals surface area contributed by atoms with Gasteiger partial charge in [-0.3, -0.25) is 9.69 Å². The first-order chi connectivity index (χ1) is 8.60. The highest BCUT2D eigenvalue weighted by Gasteiger charge is 2.20. The Bertz CT molecular complexity index is 465. The van der Waals surface area contributed by atoms with Crippen LogP contribution in [-0.2, 0) is 17.8 Å². The molecule has 1 aliphatic heterocycles. The molecule has 0 radical (unpaired) electrons. The summed E-state index contributed by atoms with van der Waals surface area (Å²) in [5.41, 5.74) is 3.27. The number of carboxylic acid groups (broad SMARTS) is 1. The van der Waals surface area contributed by atoms with Gasteiger partial charge < -0.3 is 5.11 Å². The molecule has 1 aromatic rings. The van der Waals surface area contributed by atoms with Crippen LogP contribution in [-0.4, -0.2) is 44.8 Å². The number of carboxylic acids is 1. The van der Waals surface area contributed by atoms with Gasteiger partial charge in [0.05, 0.1) is 11.4 Å². The van der Waals surface area contributed by atoms with Crippen LogP contribution in [0, 0.1) is 6.92 Å². The maximum Gasteiger partial charge on any atom is 0.313 e. The van der Waals surface area contributed by atoms with Crippen molar-refractivity contribution in [3.8, 4) is 0 Å². The molecule has 98 valence electrons. The molecule has 0 fully saturated rings. The number of hydrogen-bond donors (Lipinski definition) is 1. The van der Waals surface area contributed by atoms with Crippen LogP contribution in [0.1, 0.15) is 23.9 Å². The summed E-state index contributed by atoms with van der Waals surface area (Å²) in [5, 5.41) is 9.25. The summed E-state index contributed by atoms with van der Waals surface area (Å²) in [6, 6.07) is 0. The van der Waals surface area contributed by atoms with E-state index in [2.05, 4.69) is 21.8 Å². The van der Waals surface area contributed by atoms with Crippen molar-refractivity contribution in [2.45, 2.75) is 32.0 Å². The van der Waals surface area contributed by atoms with Gasteiger partial charge in [-0.05, 0) is 13.5 Å². The first-order valence-corrected chi connectivity index (χ1v) is 7.02. The average Bonchev–Trinajstić information content (AvgIpc) is 2.36. The minimum absolute atomic E-state index is 0.0132. The molecule has 0 aliphatic carbocycles. The third kappa shape index (κ3) is 3.00. The number of carbonyl (C=O) groups is 1. The van der Waals surface area contributed by atoms with E-state index in [0.717, 1.165) is 37.4 Å². The Labute approximate surface area is 111 Å². The highest BCUT2D eigenvalue weighted by atomic mass is 32.2. The fourth-order valence-electron chi connectivity index (χ4n) is 2.07. The molecule has 2 heterocycles. The van der Waals surface area contributed by atoms with E-state index in [1.54, 1.807) is 0 Å².